The molecule has 0 saturated carbocycles. The van der Waals surface area contributed by atoms with Gasteiger partial charge in [-0.2, -0.15) is 13.2 Å². The van der Waals surface area contributed by atoms with Gasteiger partial charge < -0.3 is 4.90 Å². The summed E-state index contributed by atoms with van der Waals surface area (Å²) < 4.78 is 39.5. The summed E-state index contributed by atoms with van der Waals surface area (Å²) in [5.74, 6) is 0.0861. The summed E-state index contributed by atoms with van der Waals surface area (Å²) in [6.07, 6.45) is -2.27. The maximum absolute atomic E-state index is 13.2. The van der Waals surface area contributed by atoms with Gasteiger partial charge in [-0.15, -0.1) is 0 Å². The van der Waals surface area contributed by atoms with Gasteiger partial charge in [-0.1, -0.05) is 12.1 Å². The van der Waals surface area contributed by atoms with Crippen molar-refractivity contribution in [3.8, 4) is 11.1 Å². The van der Waals surface area contributed by atoms with Crippen molar-refractivity contribution in [3.63, 3.8) is 0 Å². The van der Waals surface area contributed by atoms with Crippen molar-refractivity contribution in [3.05, 3.63) is 52.6 Å². The van der Waals surface area contributed by atoms with Crippen LogP contribution in [-0.2, 0) is 23.8 Å². The number of amides is 1. The molecule has 0 aliphatic carbocycles. The smallest absolute Gasteiger partial charge is 0.312 e. The zero-order valence-electron chi connectivity index (χ0n) is 13.2. The molecule has 2 aliphatic rings. The van der Waals surface area contributed by atoms with E-state index in [2.05, 4.69) is 0 Å². The Morgan fingerprint density at radius 2 is 1.79 bits per heavy atom. The van der Waals surface area contributed by atoms with Crippen LogP contribution in [0.4, 0.5) is 18.9 Å². The van der Waals surface area contributed by atoms with Crippen molar-refractivity contribution < 1.29 is 18.0 Å². The molecule has 5 heteroatoms. The van der Waals surface area contributed by atoms with Crippen molar-refractivity contribution in [2.75, 3.05) is 11.4 Å². The zero-order valence-corrected chi connectivity index (χ0v) is 13.2. The summed E-state index contributed by atoms with van der Waals surface area (Å²) in [7, 11) is 0. The fraction of sp³-hybridized carbons (Fsp3) is 0.316. The van der Waals surface area contributed by atoms with Crippen LogP contribution in [0.3, 0.4) is 0 Å². The van der Waals surface area contributed by atoms with Crippen molar-refractivity contribution in [2.45, 2.75) is 32.4 Å². The molecule has 0 unspecified atom stereocenters. The molecular formula is C19H16F3NO. The van der Waals surface area contributed by atoms with Crippen LogP contribution in [0.2, 0.25) is 0 Å². The Balaban J connectivity index is 1.85. The predicted octanol–water partition coefficient (Wildman–Crippen LogP) is 4.52. The van der Waals surface area contributed by atoms with Gasteiger partial charge in [0.1, 0.15) is 0 Å². The highest BCUT2D eigenvalue weighted by molar-refractivity contribution is 6.03. The SMILES string of the molecule is Cc1ccc(-c2cc3c4c(c2)CC(=O)N4CCC3)cc1C(F)(F)F. The molecule has 124 valence electrons. The molecule has 0 spiro atoms. The Labute approximate surface area is 137 Å². The number of nitrogens with zero attached hydrogens (tertiary/aromatic N) is 1. The average Bonchev–Trinajstić information content (AvgIpc) is 2.84. The van der Waals surface area contributed by atoms with Gasteiger partial charge >= 0.3 is 6.18 Å². The predicted molar refractivity (Wildman–Crippen MR) is 86.0 cm³/mol. The number of rotatable bonds is 1. The number of anilines is 1. The maximum Gasteiger partial charge on any atom is 0.416 e. The second-order valence-corrected chi connectivity index (χ2v) is 6.50. The number of benzene rings is 2. The summed E-state index contributed by atoms with van der Waals surface area (Å²) in [4.78, 5) is 13.9. The molecule has 0 saturated heterocycles. The van der Waals surface area contributed by atoms with E-state index in [1.165, 1.54) is 19.1 Å². The van der Waals surface area contributed by atoms with Crippen LogP contribution in [0.25, 0.3) is 11.1 Å². The van der Waals surface area contributed by atoms with Gasteiger partial charge in [-0.3, -0.25) is 4.79 Å². The standard InChI is InChI=1S/C19H16F3NO/c1-11-4-5-12(9-16(11)19(20,21)22)14-7-13-3-2-6-23-17(24)10-15(8-14)18(13)23/h4-5,7-9H,2-3,6,10H2,1H3. The first-order chi connectivity index (χ1) is 11.3. The Kier molecular flexibility index (Phi) is 3.24. The summed E-state index contributed by atoms with van der Waals surface area (Å²) in [5.41, 5.74) is 3.89. The van der Waals surface area contributed by atoms with Gasteiger partial charge in [0.25, 0.3) is 0 Å². The number of alkyl halides is 3. The molecule has 2 aliphatic heterocycles. The van der Waals surface area contributed by atoms with Gasteiger partial charge in [0, 0.05) is 6.54 Å². The van der Waals surface area contributed by atoms with E-state index in [9.17, 15) is 18.0 Å². The van der Waals surface area contributed by atoms with Crippen LogP contribution in [0.15, 0.2) is 30.3 Å². The number of halogens is 3. The number of carbonyl (C=O) groups is 1. The third kappa shape index (κ3) is 2.30. The van der Waals surface area contributed by atoms with E-state index >= 15 is 0 Å². The van der Waals surface area contributed by atoms with Crippen LogP contribution < -0.4 is 4.90 Å². The van der Waals surface area contributed by atoms with E-state index in [1.807, 2.05) is 17.0 Å². The summed E-state index contributed by atoms with van der Waals surface area (Å²) in [6, 6.07) is 8.24. The number of carbonyl (C=O) groups excluding carboxylic acids is 1. The lowest BCUT2D eigenvalue weighted by molar-refractivity contribution is -0.138. The summed E-state index contributed by atoms with van der Waals surface area (Å²) in [5, 5.41) is 0. The van der Waals surface area contributed by atoms with Crippen LogP contribution in [0, 0.1) is 6.92 Å². The van der Waals surface area contributed by atoms with E-state index < -0.39 is 11.7 Å². The average molecular weight is 331 g/mol. The Morgan fingerprint density at radius 1 is 1.04 bits per heavy atom. The summed E-state index contributed by atoms with van der Waals surface area (Å²) in [6.45, 7) is 2.20. The lowest BCUT2D eigenvalue weighted by Crippen LogP contribution is -2.31. The molecule has 0 aromatic heterocycles. The van der Waals surface area contributed by atoms with Crippen LogP contribution in [-0.4, -0.2) is 12.5 Å². The van der Waals surface area contributed by atoms with E-state index in [1.54, 1.807) is 6.07 Å². The Bertz CT molecular complexity index is 854. The van der Waals surface area contributed by atoms with E-state index in [0.29, 0.717) is 12.0 Å². The third-order valence-electron chi connectivity index (χ3n) is 4.88. The molecule has 0 fully saturated rings. The molecule has 0 atom stereocenters. The second kappa shape index (κ2) is 5.10. The first-order valence-electron chi connectivity index (χ1n) is 7.99. The molecule has 24 heavy (non-hydrogen) atoms. The largest absolute Gasteiger partial charge is 0.416 e. The van der Waals surface area contributed by atoms with Crippen molar-refractivity contribution >= 4 is 11.6 Å². The van der Waals surface area contributed by atoms with Crippen LogP contribution in [0.5, 0.6) is 0 Å². The quantitative estimate of drug-likeness (QED) is 0.752. The van der Waals surface area contributed by atoms with Gasteiger partial charge in [0.2, 0.25) is 5.91 Å². The van der Waals surface area contributed by atoms with Crippen LogP contribution >= 0.6 is 0 Å². The number of aryl methyl sites for hydroxylation is 2. The fourth-order valence-electron chi connectivity index (χ4n) is 3.75. The minimum absolute atomic E-state index is 0.0861. The first kappa shape index (κ1) is 15.2. The highest BCUT2D eigenvalue weighted by atomic mass is 19.4. The molecular weight excluding hydrogens is 315 g/mol. The number of hydrogen-bond donors (Lipinski definition) is 0. The third-order valence-corrected chi connectivity index (χ3v) is 4.88. The van der Waals surface area contributed by atoms with Crippen molar-refractivity contribution in [2.24, 2.45) is 0 Å². The fourth-order valence-corrected chi connectivity index (χ4v) is 3.75. The maximum atomic E-state index is 13.2. The van der Waals surface area contributed by atoms with Crippen molar-refractivity contribution in [1.29, 1.82) is 0 Å². The molecule has 4 rings (SSSR count). The summed E-state index contributed by atoms with van der Waals surface area (Å²) >= 11 is 0. The monoisotopic (exact) mass is 331 g/mol. The molecule has 0 N–H and O–H groups in total. The van der Waals surface area contributed by atoms with Crippen molar-refractivity contribution in [1.82, 2.24) is 0 Å². The molecule has 2 heterocycles. The molecule has 0 radical (unpaired) electrons. The topological polar surface area (TPSA) is 20.3 Å². The Morgan fingerprint density at radius 3 is 2.54 bits per heavy atom. The second-order valence-electron chi connectivity index (χ2n) is 6.50. The molecule has 2 aromatic carbocycles. The molecule has 1 amide bonds. The molecule has 2 aromatic rings. The zero-order chi connectivity index (χ0) is 17.1. The van der Waals surface area contributed by atoms with Crippen LogP contribution in [0.1, 0.15) is 28.7 Å². The minimum Gasteiger partial charge on any atom is -0.312 e. The van der Waals surface area contributed by atoms with Gasteiger partial charge in [-0.25, -0.2) is 0 Å². The van der Waals surface area contributed by atoms with E-state index in [4.69, 9.17) is 0 Å². The molecule has 0 bridgehead atoms. The normalized spacial score (nSPS) is 16.5. The lowest BCUT2D eigenvalue weighted by Gasteiger charge is -2.26. The van der Waals surface area contributed by atoms with Gasteiger partial charge in [-0.05, 0) is 65.8 Å². The Hall–Kier alpha value is -2.30. The van der Waals surface area contributed by atoms with E-state index in [0.717, 1.165) is 41.8 Å². The molecule has 2 nitrogen and oxygen atoms in total. The highest BCUT2D eigenvalue weighted by Crippen LogP contribution is 2.41. The lowest BCUT2D eigenvalue weighted by atomic mass is 9.92. The number of hydrogen-bond acceptors (Lipinski definition) is 1. The first-order valence-corrected chi connectivity index (χ1v) is 7.99. The van der Waals surface area contributed by atoms with E-state index in [-0.39, 0.29) is 11.5 Å². The van der Waals surface area contributed by atoms with Gasteiger partial charge in [0.05, 0.1) is 17.7 Å². The minimum atomic E-state index is -4.36. The highest BCUT2D eigenvalue weighted by Gasteiger charge is 2.34. The van der Waals surface area contributed by atoms with Gasteiger partial charge in [0.15, 0.2) is 0 Å².